The number of hydrogen-bond donors (Lipinski definition) is 0. The van der Waals surface area contributed by atoms with Crippen molar-refractivity contribution in [2.24, 2.45) is 11.8 Å². The van der Waals surface area contributed by atoms with Crippen molar-refractivity contribution in [1.82, 2.24) is 0 Å². The van der Waals surface area contributed by atoms with Gasteiger partial charge in [-0.1, -0.05) is 133 Å². The minimum atomic E-state index is -0.923. The first-order valence-corrected chi connectivity index (χ1v) is 15.5. The highest BCUT2D eigenvalue weighted by atomic mass is 16.6. The maximum absolute atomic E-state index is 13.5. The lowest BCUT2D eigenvalue weighted by Gasteiger charge is -2.38. The van der Waals surface area contributed by atoms with Crippen molar-refractivity contribution in [3.8, 4) is 11.1 Å². The standard InChI is InChI=1S/C40H34O5/c41-38-25-34-35(37(26-36(34)44-38)45-39(42)30-23-21-29(22-24-30)28-13-5-1-6-14-28)27-43-40(31-15-7-2-8-16-31,32-17-9-3-10-18-32)33-19-11-4-12-20-33/h1-24,34-37H,25-27H2/t34-,35+,36-,37+/m1/s1. The highest BCUT2D eigenvalue weighted by molar-refractivity contribution is 5.90. The van der Waals surface area contributed by atoms with E-state index in [-0.39, 0.29) is 36.9 Å². The number of hydrogen-bond acceptors (Lipinski definition) is 5. The molecule has 2 aliphatic rings. The lowest BCUT2D eigenvalue weighted by atomic mass is 9.79. The normalized spacial score (nSPS) is 20.8. The van der Waals surface area contributed by atoms with Crippen LogP contribution < -0.4 is 0 Å². The van der Waals surface area contributed by atoms with Gasteiger partial charge in [-0.25, -0.2) is 4.79 Å². The number of ether oxygens (including phenoxy) is 3. The summed E-state index contributed by atoms with van der Waals surface area (Å²) in [5.74, 6) is -0.937. The van der Waals surface area contributed by atoms with Gasteiger partial charge in [-0.3, -0.25) is 4.79 Å². The molecule has 2 fully saturated rings. The summed E-state index contributed by atoms with van der Waals surface area (Å²) in [6, 6.07) is 48.1. The van der Waals surface area contributed by atoms with Crippen LogP contribution in [0.2, 0.25) is 0 Å². The van der Waals surface area contributed by atoms with Gasteiger partial charge in [0.15, 0.2) is 0 Å². The zero-order valence-corrected chi connectivity index (χ0v) is 24.8. The summed E-state index contributed by atoms with van der Waals surface area (Å²) in [5.41, 5.74) is 4.63. The van der Waals surface area contributed by atoms with E-state index in [0.717, 1.165) is 27.8 Å². The van der Waals surface area contributed by atoms with Crippen LogP contribution in [0.25, 0.3) is 11.1 Å². The summed E-state index contributed by atoms with van der Waals surface area (Å²) in [4.78, 5) is 25.9. The molecule has 0 bridgehead atoms. The molecule has 7 rings (SSSR count). The van der Waals surface area contributed by atoms with Gasteiger partial charge in [-0.2, -0.15) is 0 Å². The number of carbonyl (C=O) groups excluding carboxylic acids is 2. The quantitative estimate of drug-likeness (QED) is 0.129. The van der Waals surface area contributed by atoms with Crippen molar-refractivity contribution in [3.63, 3.8) is 0 Å². The lowest BCUT2D eigenvalue weighted by Crippen LogP contribution is -2.38. The van der Waals surface area contributed by atoms with Crippen LogP contribution in [0.5, 0.6) is 0 Å². The molecule has 0 aromatic heterocycles. The van der Waals surface area contributed by atoms with E-state index in [1.807, 2.05) is 97.1 Å². The molecule has 0 amide bonds. The Morgan fingerprint density at radius 1 is 0.667 bits per heavy atom. The van der Waals surface area contributed by atoms with E-state index in [9.17, 15) is 9.59 Å². The Bertz CT molecular complexity index is 1640. The van der Waals surface area contributed by atoms with E-state index in [1.165, 1.54) is 0 Å². The molecular formula is C40H34O5. The van der Waals surface area contributed by atoms with Gasteiger partial charge in [0, 0.05) is 18.3 Å². The molecule has 5 heteroatoms. The van der Waals surface area contributed by atoms with Gasteiger partial charge in [0.1, 0.15) is 17.8 Å². The molecule has 0 N–H and O–H groups in total. The average molecular weight is 595 g/mol. The summed E-state index contributed by atoms with van der Waals surface area (Å²) in [6.45, 7) is 0.265. The van der Waals surface area contributed by atoms with Crippen molar-refractivity contribution in [2.75, 3.05) is 6.61 Å². The van der Waals surface area contributed by atoms with E-state index < -0.39 is 17.7 Å². The van der Waals surface area contributed by atoms with Crippen LogP contribution in [0.15, 0.2) is 146 Å². The van der Waals surface area contributed by atoms with Crippen LogP contribution in [0.1, 0.15) is 39.9 Å². The van der Waals surface area contributed by atoms with Crippen LogP contribution >= 0.6 is 0 Å². The van der Waals surface area contributed by atoms with Crippen molar-refractivity contribution >= 4 is 11.9 Å². The molecule has 5 aromatic carbocycles. The summed E-state index contributed by atoms with van der Waals surface area (Å²) in [7, 11) is 0. The van der Waals surface area contributed by atoms with Gasteiger partial charge >= 0.3 is 11.9 Å². The Hall–Kier alpha value is -5.00. The fraction of sp³-hybridized carbons (Fsp3) is 0.200. The Labute approximate surface area is 263 Å². The SMILES string of the molecule is O=C1C[C@@H]2[C@H](COC(c3ccccc3)(c3ccccc3)c3ccccc3)[C@@H](OC(=O)c3ccc(-c4ccccc4)cc3)C[C@H]2O1. The van der Waals surface area contributed by atoms with Gasteiger partial charge in [0.2, 0.25) is 0 Å². The highest BCUT2D eigenvalue weighted by Crippen LogP contribution is 2.46. The molecular weight excluding hydrogens is 560 g/mol. The van der Waals surface area contributed by atoms with Gasteiger partial charge in [0.25, 0.3) is 0 Å². The van der Waals surface area contributed by atoms with Crippen LogP contribution in [-0.2, 0) is 24.6 Å². The topological polar surface area (TPSA) is 61.8 Å². The molecule has 0 radical (unpaired) electrons. The number of carbonyl (C=O) groups is 2. The maximum atomic E-state index is 13.5. The summed E-state index contributed by atoms with van der Waals surface area (Å²) >= 11 is 0. The van der Waals surface area contributed by atoms with Crippen molar-refractivity contribution < 1.29 is 23.8 Å². The second-order valence-corrected chi connectivity index (χ2v) is 11.8. The molecule has 0 unspecified atom stereocenters. The predicted octanol–water partition coefficient (Wildman–Crippen LogP) is 7.84. The van der Waals surface area contributed by atoms with Crippen molar-refractivity contribution in [3.05, 3.63) is 168 Å². The maximum Gasteiger partial charge on any atom is 0.338 e. The number of fused-ring (bicyclic) bond motifs is 1. The highest BCUT2D eigenvalue weighted by Gasteiger charge is 2.53. The molecule has 45 heavy (non-hydrogen) atoms. The number of rotatable bonds is 9. The average Bonchev–Trinajstić information content (AvgIpc) is 3.62. The third-order valence-corrected chi connectivity index (χ3v) is 9.17. The molecule has 1 saturated heterocycles. The molecule has 224 valence electrons. The summed E-state index contributed by atoms with van der Waals surface area (Å²) in [5, 5.41) is 0. The summed E-state index contributed by atoms with van der Waals surface area (Å²) in [6.07, 6.45) is -0.0285. The molecule has 1 saturated carbocycles. The van der Waals surface area contributed by atoms with E-state index in [4.69, 9.17) is 14.2 Å². The fourth-order valence-corrected chi connectivity index (χ4v) is 6.95. The number of esters is 2. The molecule has 1 aliphatic heterocycles. The zero-order chi connectivity index (χ0) is 30.6. The largest absolute Gasteiger partial charge is 0.462 e. The van der Waals surface area contributed by atoms with Crippen molar-refractivity contribution in [1.29, 1.82) is 0 Å². The number of benzene rings is 5. The monoisotopic (exact) mass is 594 g/mol. The van der Waals surface area contributed by atoms with Crippen LogP contribution in [-0.4, -0.2) is 30.8 Å². The van der Waals surface area contributed by atoms with Crippen LogP contribution in [0.3, 0.4) is 0 Å². The first-order chi connectivity index (χ1) is 22.1. The molecule has 5 aromatic rings. The first kappa shape index (κ1) is 28.8. The second kappa shape index (κ2) is 12.5. The first-order valence-electron chi connectivity index (χ1n) is 15.5. The fourth-order valence-electron chi connectivity index (χ4n) is 6.95. The minimum Gasteiger partial charge on any atom is -0.462 e. The third kappa shape index (κ3) is 5.67. The van der Waals surface area contributed by atoms with Gasteiger partial charge in [-0.05, 0) is 39.9 Å². The van der Waals surface area contributed by atoms with Crippen LogP contribution in [0, 0.1) is 11.8 Å². The Morgan fingerprint density at radius 2 is 1.16 bits per heavy atom. The Balaban J connectivity index is 1.19. The predicted molar refractivity (Wildman–Crippen MR) is 172 cm³/mol. The van der Waals surface area contributed by atoms with E-state index in [1.54, 1.807) is 12.1 Å². The summed E-state index contributed by atoms with van der Waals surface area (Å²) < 4.78 is 19.0. The Kier molecular flexibility index (Phi) is 8.02. The molecule has 5 nitrogen and oxygen atoms in total. The lowest BCUT2D eigenvalue weighted by molar-refractivity contribution is -0.141. The van der Waals surface area contributed by atoms with Crippen molar-refractivity contribution in [2.45, 2.75) is 30.7 Å². The van der Waals surface area contributed by atoms with E-state index in [0.29, 0.717) is 12.0 Å². The molecule has 0 spiro atoms. The zero-order valence-electron chi connectivity index (χ0n) is 24.8. The van der Waals surface area contributed by atoms with E-state index >= 15 is 0 Å². The Morgan fingerprint density at radius 3 is 1.69 bits per heavy atom. The van der Waals surface area contributed by atoms with Gasteiger partial charge in [-0.15, -0.1) is 0 Å². The van der Waals surface area contributed by atoms with Gasteiger partial charge < -0.3 is 14.2 Å². The second-order valence-electron chi connectivity index (χ2n) is 11.8. The van der Waals surface area contributed by atoms with E-state index in [2.05, 4.69) is 36.4 Å². The van der Waals surface area contributed by atoms with Gasteiger partial charge in [0.05, 0.1) is 18.6 Å². The van der Waals surface area contributed by atoms with Crippen LogP contribution in [0.4, 0.5) is 0 Å². The molecule has 1 heterocycles. The molecule has 4 atom stereocenters. The minimum absolute atomic E-state index is 0.101. The smallest absolute Gasteiger partial charge is 0.338 e. The third-order valence-electron chi connectivity index (χ3n) is 9.17. The molecule has 1 aliphatic carbocycles.